The summed E-state index contributed by atoms with van der Waals surface area (Å²) < 4.78 is 4.92. The minimum atomic E-state index is -1.22. The Labute approximate surface area is 139 Å². The SMILES string of the molecule is C[C@H](OC(=O)c1ccc(Cl)cc1O)C(=O)NC(=O)NC(C)(C)C. The first-order chi connectivity index (χ1) is 10.5. The van der Waals surface area contributed by atoms with Crippen LogP contribution in [0, 0.1) is 0 Å². The third-order valence-electron chi connectivity index (χ3n) is 2.56. The number of aromatic hydroxyl groups is 1. The van der Waals surface area contributed by atoms with Crippen LogP contribution < -0.4 is 10.6 Å². The van der Waals surface area contributed by atoms with E-state index in [1.165, 1.54) is 25.1 Å². The molecule has 0 fully saturated rings. The fourth-order valence-electron chi connectivity index (χ4n) is 1.54. The van der Waals surface area contributed by atoms with E-state index in [1.54, 1.807) is 20.8 Å². The number of phenols is 1. The van der Waals surface area contributed by atoms with Gasteiger partial charge in [-0.1, -0.05) is 11.6 Å². The minimum Gasteiger partial charge on any atom is -0.507 e. The van der Waals surface area contributed by atoms with Crippen molar-refractivity contribution in [3.8, 4) is 5.75 Å². The van der Waals surface area contributed by atoms with Crippen molar-refractivity contribution in [2.24, 2.45) is 0 Å². The summed E-state index contributed by atoms with van der Waals surface area (Å²) in [5.41, 5.74) is -0.646. The molecule has 0 spiro atoms. The van der Waals surface area contributed by atoms with Crippen LogP contribution in [0.5, 0.6) is 5.75 Å². The quantitative estimate of drug-likeness (QED) is 0.730. The fourth-order valence-corrected chi connectivity index (χ4v) is 1.71. The zero-order chi connectivity index (χ0) is 17.8. The summed E-state index contributed by atoms with van der Waals surface area (Å²) in [4.78, 5) is 35.3. The Hall–Kier alpha value is -2.28. The number of hydrogen-bond donors (Lipinski definition) is 3. The van der Waals surface area contributed by atoms with Gasteiger partial charge in [0, 0.05) is 10.6 Å². The lowest BCUT2D eigenvalue weighted by Gasteiger charge is -2.21. The molecule has 0 aliphatic carbocycles. The van der Waals surface area contributed by atoms with E-state index in [4.69, 9.17) is 16.3 Å². The third kappa shape index (κ3) is 6.15. The summed E-state index contributed by atoms with van der Waals surface area (Å²) in [6.07, 6.45) is -1.22. The number of rotatable bonds is 3. The number of phenolic OH excluding ortho intramolecular Hbond substituents is 1. The van der Waals surface area contributed by atoms with Crippen molar-refractivity contribution in [3.63, 3.8) is 0 Å². The van der Waals surface area contributed by atoms with Crippen molar-refractivity contribution < 1.29 is 24.2 Å². The van der Waals surface area contributed by atoms with E-state index in [0.717, 1.165) is 0 Å². The number of imide groups is 1. The number of urea groups is 1. The average Bonchev–Trinajstić information content (AvgIpc) is 2.35. The summed E-state index contributed by atoms with van der Waals surface area (Å²) >= 11 is 5.67. The molecular weight excluding hydrogens is 324 g/mol. The maximum absolute atomic E-state index is 11.9. The van der Waals surface area contributed by atoms with Crippen molar-refractivity contribution in [1.29, 1.82) is 0 Å². The van der Waals surface area contributed by atoms with E-state index in [9.17, 15) is 19.5 Å². The maximum Gasteiger partial charge on any atom is 0.342 e. The third-order valence-corrected chi connectivity index (χ3v) is 2.79. The number of nitrogens with one attached hydrogen (secondary N) is 2. The normalized spacial score (nSPS) is 12.2. The van der Waals surface area contributed by atoms with Gasteiger partial charge >= 0.3 is 12.0 Å². The van der Waals surface area contributed by atoms with Gasteiger partial charge in [0.25, 0.3) is 5.91 Å². The number of carbonyl (C=O) groups excluding carboxylic acids is 3. The van der Waals surface area contributed by atoms with Crippen LogP contribution in [0.3, 0.4) is 0 Å². The molecule has 0 heterocycles. The van der Waals surface area contributed by atoms with Gasteiger partial charge in [0.2, 0.25) is 0 Å². The molecule has 0 saturated carbocycles. The van der Waals surface area contributed by atoms with Gasteiger partial charge in [0.05, 0.1) is 0 Å². The zero-order valence-corrected chi connectivity index (χ0v) is 14.0. The number of halogens is 1. The van der Waals surface area contributed by atoms with Gasteiger partial charge in [-0.05, 0) is 45.9 Å². The minimum absolute atomic E-state index is 0.131. The molecule has 0 aliphatic rings. The predicted molar refractivity (Wildman–Crippen MR) is 84.4 cm³/mol. The lowest BCUT2D eigenvalue weighted by Crippen LogP contribution is -2.50. The van der Waals surface area contributed by atoms with Crippen LogP contribution in [-0.2, 0) is 9.53 Å². The van der Waals surface area contributed by atoms with Crippen molar-refractivity contribution in [2.45, 2.75) is 39.3 Å². The first-order valence-corrected chi connectivity index (χ1v) is 7.20. The molecule has 3 amide bonds. The summed E-state index contributed by atoms with van der Waals surface area (Å²) in [5.74, 6) is -2.05. The van der Waals surface area contributed by atoms with Crippen LogP contribution in [0.2, 0.25) is 5.02 Å². The lowest BCUT2D eigenvalue weighted by molar-refractivity contribution is -0.127. The van der Waals surface area contributed by atoms with E-state index in [1.807, 2.05) is 0 Å². The second kappa shape index (κ2) is 7.32. The number of amides is 3. The Morgan fingerprint density at radius 2 is 1.87 bits per heavy atom. The number of carbonyl (C=O) groups is 3. The van der Waals surface area contributed by atoms with Crippen LogP contribution in [-0.4, -0.2) is 34.7 Å². The highest BCUT2D eigenvalue weighted by molar-refractivity contribution is 6.30. The van der Waals surface area contributed by atoms with Crippen molar-refractivity contribution in [2.75, 3.05) is 0 Å². The van der Waals surface area contributed by atoms with Gasteiger partial charge < -0.3 is 15.2 Å². The average molecular weight is 343 g/mol. The van der Waals surface area contributed by atoms with E-state index < -0.39 is 29.6 Å². The van der Waals surface area contributed by atoms with E-state index in [0.29, 0.717) is 0 Å². The van der Waals surface area contributed by atoms with E-state index in [2.05, 4.69) is 10.6 Å². The van der Waals surface area contributed by atoms with Crippen LogP contribution in [0.4, 0.5) is 4.79 Å². The highest BCUT2D eigenvalue weighted by atomic mass is 35.5. The molecule has 8 heteroatoms. The molecule has 0 aromatic heterocycles. The Bertz CT molecular complexity index is 625. The number of benzene rings is 1. The molecule has 3 N–H and O–H groups in total. The highest BCUT2D eigenvalue weighted by Crippen LogP contribution is 2.22. The largest absolute Gasteiger partial charge is 0.507 e. The number of esters is 1. The van der Waals surface area contributed by atoms with Crippen molar-refractivity contribution in [3.05, 3.63) is 28.8 Å². The molecule has 0 saturated heterocycles. The number of ether oxygens (including phenoxy) is 1. The molecule has 126 valence electrons. The highest BCUT2D eigenvalue weighted by Gasteiger charge is 2.23. The lowest BCUT2D eigenvalue weighted by atomic mass is 10.1. The number of hydrogen-bond acceptors (Lipinski definition) is 5. The van der Waals surface area contributed by atoms with Gasteiger partial charge in [0.1, 0.15) is 11.3 Å². The molecule has 1 rings (SSSR count). The van der Waals surface area contributed by atoms with Crippen LogP contribution in [0.25, 0.3) is 0 Å². The maximum atomic E-state index is 11.9. The van der Waals surface area contributed by atoms with Gasteiger partial charge in [-0.2, -0.15) is 0 Å². The van der Waals surface area contributed by atoms with E-state index >= 15 is 0 Å². The fraction of sp³-hybridized carbons (Fsp3) is 0.400. The molecule has 1 atom stereocenters. The first kappa shape index (κ1) is 18.8. The molecule has 23 heavy (non-hydrogen) atoms. The Kier molecular flexibility index (Phi) is 5.98. The van der Waals surface area contributed by atoms with Gasteiger partial charge in [0.15, 0.2) is 6.10 Å². The topological polar surface area (TPSA) is 105 Å². The van der Waals surface area contributed by atoms with Crippen molar-refractivity contribution >= 4 is 29.5 Å². The molecule has 7 nitrogen and oxygen atoms in total. The van der Waals surface area contributed by atoms with Gasteiger partial charge in [-0.3, -0.25) is 10.1 Å². The predicted octanol–water partition coefficient (Wildman–Crippen LogP) is 2.22. The molecule has 1 aromatic carbocycles. The van der Waals surface area contributed by atoms with Crippen molar-refractivity contribution in [1.82, 2.24) is 10.6 Å². The molecule has 0 bridgehead atoms. The molecular formula is C15H19ClN2O5. The van der Waals surface area contributed by atoms with Crippen LogP contribution >= 0.6 is 11.6 Å². The summed E-state index contributed by atoms with van der Waals surface area (Å²) in [6.45, 7) is 6.57. The molecule has 0 aliphatic heterocycles. The van der Waals surface area contributed by atoms with Gasteiger partial charge in [-0.15, -0.1) is 0 Å². The molecule has 0 radical (unpaired) electrons. The Morgan fingerprint density at radius 3 is 2.39 bits per heavy atom. The zero-order valence-electron chi connectivity index (χ0n) is 13.3. The summed E-state index contributed by atoms with van der Waals surface area (Å²) in [6, 6.07) is 3.16. The first-order valence-electron chi connectivity index (χ1n) is 6.82. The second-order valence-electron chi connectivity index (χ2n) is 5.90. The Morgan fingerprint density at radius 1 is 1.26 bits per heavy atom. The van der Waals surface area contributed by atoms with Crippen LogP contribution in [0.1, 0.15) is 38.1 Å². The molecule has 1 aromatic rings. The van der Waals surface area contributed by atoms with Crippen LogP contribution in [0.15, 0.2) is 18.2 Å². The summed E-state index contributed by atoms with van der Waals surface area (Å²) in [7, 11) is 0. The summed E-state index contributed by atoms with van der Waals surface area (Å²) in [5, 5.41) is 14.5. The Balaban J connectivity index is 2.64. The smallest absolute Gasteiger partial charge is 0.342 e. The van der Waals surface area contributed by atoms with Gasteiger partial charge in [-0.25, -0.2) is 9.59 Å². The standard InChI is InChI=1S/C15H19ClN2O5/c1-8(12(20)17-14(22)18-15(2,3)4)23-13(21)10-6-5-9(16)7-11(10)19/h5-8,19H,1-4H3,(H2,17,18,20,22)/t8-/m0/s1. The monoisotopic (exact) mass is 342 g/mol. The molecule has 0 unspecified atom stereocenters. The second-order valence-corrected chi connectivity index (χ2v) is 6.34. The van der Waals surface area contributed by atoms with E-state index in [-0.39, 0.29) is 16.3 Å².